The molecule has 0 amide bonds. The zero-order valence-corrected chi connectivity index (χ0v) is 41.7. The van der Waals surface area contributed by atoms with Gasteiger partial charge in [0.1, 0.15) is 0 Å². The third-order valence-electron chi connectivity index (χ3n) is 13.9. The maximum atomic E-state index is 5.34. The fourth-order valence-corrected chi connectivity index (χ4v) is 15.0. The summed E-state index contributed by atoms with van der Waals surface area (Å²) in [5, 5.41) is 7.77. The van der Waals surface area contributed by atoms with E-state index < -0.39 is 8.07 Å². The molecule has 2 aromatic heterocycles. The van der Waals surface area contributed by atoms with E-state index in [2.05, 4.69) is 240 Å². The van der Waals surface area contributed by atoms with E-state index in [9.17, 15) is 0 Å². The highest BCUT2D eigenvalue weighted by Crippen LogP contribution is 2.40. The van der Waals surface area contributed by atoms with Crippen LogP contribution in [0.2, 0.25) is 0 Å². The predicted octanol–water partition coefficient (Wildman–Crippen LogP) is 13.6. The number of rotatable bonds is 9. The minimum absolute atomic E-state index is 0.0103. The second-order valence-electron chi connectivity index (χ2n) is 20.5. The van der Waals surface area contributed by atoms with E-state index in [4.69, 9.17) is 15.0 Å². The highest BCUT2D eigenvalue weighted by atomic mass is 28.3. The number of nitrogens with zero attached hydrogens (tertiary/aromatic N) is 4. The monoisotopic (exact) mass is 920 g/mol. The fraction of sp³-hybridized carbons (Fsp3) is 0.123. The average Bonchev–Trinajstić information content (AvgIpc) is 3.73. The molecule has 0 saturated heterocycles. The first-order valence-electron chi connectivity index (χ1n) is 24.4. The van der Waals surface area contributed by atoms with Crippen molar-refractivity contribution < 1.29 is 0 Å². The quantitative estimate of drug-likeness (QED) is 0.107. The molecule has 9 aromatic carbocycles. The molecule has 0 fully saturated rings. The maximum Gasteiger partial charge on any atom is 0.179 e. The summed E-state index contributed by atoms with van der Waals surface area (Å²) in [6.07, 6.45) is 0. The highest BCUT2D eigenvalue weighted by molar-refractivity contribution is 7.19. The summed E-state index contributed by atoms with van der Waals surface area (Å²) in [5.41, 5.74) is 10.9. The van der Waals surface area contributed by atoms with Crippen LogP contribution in [0.5, 0.6) is 0 Å². The van der Waals surface area contributed by atoms with E-state index in [1.54, 1.807) is 0 Å². The standard InChI is InChI=1S/C65H56N4Si/c1-64(2,3)48-35-39-59-57(42-48)58-43-49(65(4,5)6)36-40-60(58)69(59)50-37-38-55(63-67-61(45-23-12-7-13-24-45)66-62(68-63)46-25-14-8-15-26-46)56(44-50)47-27-22-34-54(41-47)70(51-28-16-9-17-29-51,52-30-18-10-19-31-52)53-32-20-11-21-33-53/h7-44H,1-6H3. The molecule has 11 rings (SSSR count). The molecule has 0 aliphatic carbocycles. The molecule has 0 N–H and O–H groups in total. The molecular formula is C65H56N4Si. The van der Waals surface area contributed by atoms with Crippen LogP contribution in [0, 0.1) is 0 Å². The van der Waals surface area contributed by atoms with E-state index in [0.29, 0.717) is 17.5 Å². The molecule has 70 heavy (non-hydrogen) atoms. The fourth-order valence-electron chi connectivity index (χ4n) is 10.3. The van der Waals surface area contributed by atoms with Gasteiger partial charge >= 0.3 is 0 Å². The van der Waals surface area contributed by atoms with Gasteiger partial charge < -0.3 is 4.57 Å². The zero-order chi connectivity index (χ0) is 48.0. The first-order valence-corrected chi connectivity index (χ1v) is 26.4. The Kier molecular flexibility index (Phi) is 11.3. The van der Waals surface area contributed by atoms with E-state index >= 15 is 0 Å². The highest BCUT2D eigenvalue weighted by Gasteiger charge is 2.41. The molecule has 2 heterocycles. The van der Waals surface area contributed by atoms with Gasteiger partial charge in [-0.05, 0) is 96.3 Å². The van der Waals surface area contributed by atoms with Crippen LogP contribution in [0.3, 0.4) is 0 Å². The lowest BCUT2D eigenvalue weighted by molar-refractivity contribution is 0.590. The van der Waals surface area contributed by atoms with Crippen molar-refractivity contribution >= 4 is 50.6 Å². The van der Waals surface area contributed by atoms with Crippen molar-refractivity contribution in [3.8, 4) is 51.0 Å². The van der Waals surface area contributed by atoms with Gasteiger partial charge in [-0.2, -0.15) is 0 Å². The lowest BCUT2D eigenvalue weighted by Crippen LogP contribution is -2.74. The number of benzene rings is 9. The number of hydrogen-bond acceptors (Lipinski definition) is 3. The molecule has 0 aliphatic rings. The Morgan fingerprint density at radius 3 is 1.17 bits per heavy atom. The Morgan fingerprint density at radius 2 is 0.729 bits per heavy atom. The molecule has 0 spiro atoms. The topological polar surface area (TPSA) is 43.6 Å². The summed E-state index contributed by atoms with van der Waals surface area (Å²) in [6.45, 7) is 13.8. The third-order valence-corrected chi connectivity index (χ3v) is 18.7. The summed E-state index contributed by atoms with van der Waals surface area (Å²) >= 11 is 0. The third kappa shape index (κ3) is 8.06. The van der Waals surface area contributed by atoms with Gasteiger partial charge in [-0.1, -0.05) is 230 Å². The minimum atomic E-state index is -2.89. The van der Waals surface area contributed by atoms with Gasteiger partial charge in [0, 0.05) is 33.2 Å². The van der Waals surface area contributed by atoms with Crippen molar-refractivity contribution in [1.29, 1.82) is 0 Å². The Hall–Kier alpha value is -7.99. The Bertz CT molecular complexity index is 3420. The molecule has 0 saturated carbocycles. The van der Waals surface area contributed by atoms with Crippen molar-refractivity contribution in [2.75, 3.05) is 0 Å². The summed E-state index contributed by atoms with van der Waals surface area (Å²) in [6, 6.07) is 84.2. The Balaban J connectivity index is 1.22. The Labute approximate surface area is 413 Å². The summed E-state index contributed by atoms with van der Waals surface area (Å²) < 4.78 is 2.45. The lowest BCUT2D eigenvalue weighted by Gasteiger charge is -2.34. The smallest absolute Gasteiger partial charge is 0.179 e. The zero-order valence-electron chi connectivity index (χ0n) is 40.7. The van der Waals surface area contributed by atoms with Gasteiger partial charge in [-0.25, -0.2) is 15.0 Å². The largest absolute Gasteiger partial charge is 0.309 e. The van der Waals surface area contributed by atoms with Crippen LogP contribution in [-0.4, -0.2) is 27.6 Å². The van der Waals surface area contributed by atoms with Crippen molar-refractivity contribution in [2.24, 2.45) is 0 Å². The van der Waals surface area contributed by atoms with Crippen molar-refractivity contribution in [3.05, 3.63) is 242 Å². The molecule has 0 bridgehead atoms. The van der Waals surface area contributed by atoms with Gasteiger partial charge in [0.15, 0.2) is 25.5 Å². The van der Waals surface area contributed by atoms with Crippen LogP contribution < -0.4 is 20.7 Å². The van der Waals surface area contributed by atoms with Gasteiger partial charge in [-0.15, -0.1) is 0 Å². The van der Waals surface area contributed by atoms with Crippen molar-refractivity contribution in [1.82, 2.24) is 19.5 Å². The van der Waals surface area contributed by atoms with Crippen LogP contribution in [0.15, 0.2) is 231 Å². The molecule has 4 nitrogen and oxygen atoms in total. The van der Waals surface area contributed by atoms with E-state index in [0.717, 1.165) is 33.5 Å². The molecule has 340 valence electrons. The van der Waals surface area contributed by atoms with Gasteiger partial charge in [-0.3, -0.25) is 0 Å². The van der Waals surface area contributed by atoms with Crippen LogP contribution in [0.25, 0.3) is 72.8 Å². The van der Waals surface area contributed by atoms with Crippen LogP contribution in [-0.2, 0) is 10.8 Å². The Morgan fingerprint density at radius 1 is 0.329 bits per heavy atom. The summed E-state index contributed by atoms with van der Waals surface area (Å²) in [4.78, 5) is 15.8. The average molecular weight is 921 g/mol. The van der Waals surface area contributed by atoms with Gasteiger partial charge in [0.25, 0.3) is 0 Å². The number of aromatic nitrogens is 4. The van der Waals surface area contributed by atoms with Gasteiger partial charge in [0.05, 0.1) is 11.0 Å². The van der Waals surface area contributed by atoms with Crippen LogP contribution in [0.1, 0.15) is 52.7 Å². The maximum absolute atomic E-state index is 5.34. The predicted molar refractivity (Wildman–Crippen MR) is 297 cm³/mol. The van der Waals surface area contributed by atoms with Gasteiger partial charge in [0.2, 0.25) is 0 Å². The van der Waals surface area contributed by atoms with E-state index in [1.165, 1.54) is 53.7 Å². The van der Waals surface area contributed by atoms with E-state index in [-0.39, 0.29) is 10.8 Å². The second-order valence-corrected chi connectivity index (χ2v) is 24.3. The lowest BCUT2D eigenvalue weighted by atomic mass is 9.85. The minimum Gasteiger partial charge on any atom is -0.309 e. The molecule has 0 radical (unpaired) electrons. The summed E-state index contributed by atoms with van der Waals surface area (Å²) in [5.74, 6) is 1.87. The normalized spacial score (nSPS) is 12.1. The molecule has 11 aromatic rings. The van der Waals surface area contributed by atoms with Crippen LogP contribution in [0.4, 0.5) is 0 Å². The van der Waals surface area contributed by atoms with Crippen LogP contribution >= 0.6 is 0 Å². The number of hydrogen-bond donors (Lipinski definition) is 0. The van der Waals surface area contributed by atoms with E-state index in [1.807, 2.05) is 36.4 Å². The van der Waals surface area contributed by atoms with Crippen molar-refractivity contribution in [2.45, 2.75) is 52.4 Å². The molecular weight excluding hydrogens is 865 g/mol. The van der Waals surface area contributed by atoms with Crippen molar-refractivity contribution in [3.63, 3.8) is 0 Å². The molecule has 0 aliphatic heterocycles. The first-order chi connectivity index (χ1) is 34.0. The second kappa shape index (κ2) is 17.8. The molecule has 0 atom stereocenters. The number of fused-ring (bicyclic) bond motifs is 3. The summed E-state index contributed by atoms with van der Waals surface area (Å²) in [7, 11) is -2.89. The molecule has 0 unspecified atom stereocenters. The first kappa shape index (κ1) is 44.5. The molecule has 5 heteroatoms. The SMILES string of the molecule is CC(C)(C)c1ccc2c(c1)c1cc(C(C)(C)C)ccc1n2-c1ccc(-c2nc(-c3ccccc3)nc(-c3ccccc3)n2)c(-c2cccc([Si](c3ccccc3)(c3ccccc3)c3ccccc3)c2)c1.